The minimum absolute atomic E-state index is 0.00163. The fraction of sp³-hybridized carbons (Fsp3) is 0.219. The van der Waals surface area contributed by atoms with Crippen LogP contribution in [0.15, 0.2) is 126 Å². The molecule has 1 atom stereocenters. The SMILES string of the molecule is SC1SC(SCN(Cc2ccccc2)Cc2ccccc2)=NN1CN(Cc1ccccc1)Cc1ccccc1. The highest BCUT2D eigenvalue weighted by Gasteiger charge is 2.27. The molecule has 200 valence electrons. The van der Waals surface area contributed by atoms with Crippen molar-refractivity contribution in [2.24, 2.45) is 5.10 Å². The van der Waals surface area contributed by atoms with Gasteiger partial charge in [0, 0.05) is 26.2 Å². The highest BCUT2D eigenvalue weighted by Crippen LogP contribution is 2.35. The summed E-state index contributed by atoms with van der Waals surface area (Å²) >= 11 is 8.43. The van der Waals surface area contributed by atoms with Gasteiger partial charge in [-0.3, -0.25) is 14.8 Å². The van der Waals surface area contributed by atoms with Crippen LogP contribution in [0.5, 0.6) is 0 Å². The van der Waals surface area contributed by atoms with Crippen molar-refractivity contribution in [2.45, 2.75) is 30.9 Å². The summed E-state index contributed by atoms with van der Waals surface area (Å²) in [6, 6.07) is 42.7. The van der Waals surface area contributed by atoms with Crippen LogP contribution in [0.25, 0.3) is 0 Å². The van der Waals surface area contributed by atoms with E-state index in [1.165, 1.54) is 22.3 Å². The Labute approximate surface area is 246 Å². The van der Waals surface area contributed by atoms with Crippen molar-refractivity contribution in [3.63, 3.8) is 0 Å². The van der Waals surface area contributed by atoms with Crippen molar-refractivity contribution in [3.05, 3.63) is 144 Å². The average Bonchev–Trinajstić information content (AvgIpc) is 3.32. The third-order valence-corrected chi connectivity index (χ3v) is 9.17. The van der Waals surface area contributed by atoms with Crippen molar-refractivity contribution in [2.75, 3.05) is 12.5 Å². The molecule has 7 heteroatoms. The molecule has 0 N–H and O–H groups in total. The van der Waals surface area contributed by atoms with Gasteiger partial charge >= 0.3 is 0 Å². The van der Waals surface area contributed by atoms with Crippen LogP contribution >= 0.6 is 36.2 Å². The van der Waals surface area contributed by atoms with E-state index in [9.17, 15) is 0 Å². The summed E-state index contributed by atoms with van der Waals surface area (Å²) < 4.78 is 1.07. The Hall–Kier alpha value is -2.68. The third kappa shape index (κ3) is 8.92. The standard InChI is InChI=1S/C32H34N4S3/c37-32-36(25-34(21-27-13-5-1-6-14-27)22-28-15-7-2-8-16-28)33-31(39-32)38-26-35(23-29-17-9-3-10-18-29)24-30-19-11-4-12-20-30/h1-20,32,37H,21-26H2. The van der Waals surface area contributed by atoms with Crippen molar-refractivity contribution >= 4 is 40.5 Å². The fourth-order valence-electron chi connectivity index (χ4n) is 4.51. The molecular weight excluding hydrogens is 537 g/mol. The van der Waals surface area contributed by atoms with Gasteiger partial charge in [-0.2, -0.15) is 5.10 Å². The number of hydrogen-bond donors (Lipinski definition) is 1. The van der Waals surface area contributed by atoms with Gasteiger partial charge in [-0.05, 0) is 22.3 Å². The van der Waals surface area contributed by atoms with Crippen LogP contribution in [-0.2, 0) is 26.2 Å². The van der Waals surface area contributed by atoms with Crippen LogP contribution in [0.3, 0.4) is 0 Å². The van der Waals surface area contributed by atoms with E-state index in [0.717, 1.165) is 36.4 Å². The molecule has 1 heterocycles. The smallest absolute Gasteiger partial charge is 0.154 e. The summed E-state index contributed by atoms with van der Waals surface area (Å²) in [7, 11) is 0. The molecule has 39 heavy (non-hydrogen) atoms. The Morgan fingerprint density at radius 3 is 1.41 bits per heavy atom. The van der Waals surface area contributed by atoms with Gasteiger partial charge in [0.05, 0.1) is 12.5 Å². The van der Waals surface area contributed by atoms with Crippen LogP contribution in [-0.4, -0.2) is 36.4 Å². The number of hydrazone groups is 1. The lowest BCUT2D eigenvalue weighted by molar-refractivity contribution is 0.135. The summed E-state index contributed by atoms with van der Waals surface area (Å²) in [6.07, 6.45) is 0. The van der Waals surface area contributed by atoms with Gasteiger partial charge in [-0.1, -0.05) is 145 Å². The zero-order chi connectivity index (χ0) is 26.7. The Morgan fingerprint density at radius 2 is 1.00 bits per heavy atom. The molecule has 5 rings (SSSR count). The zero-order valence-electron chi connectivity index (χ0n) is 21.9. The first-order chi connectivity index (χ1) is 19.2. The number of hydrogen-bond acceptors (Lipinski definition) is 7. The number of benzene rings is 4. The lowest BCUT2D eigenvalue weighted by Gasteiger charge is -2.28. The van der Waals surface area contributed by atoms with E-state index in [0.29, 0.717) is 6.67 Å². The quantitative estimate of drug-likeness (QED) is 0.140. The molecule has 1 aliphatic rings. The monoisotopic (exact) mass is 570 g/mol. The summed E-state index contributed by atoms with van der Waals surface area (Å²) in [4.78, 5) is 4.91. The molecule has 0 saturated carbocycles. The number of nitrogens with zero attached hydrogens (tertiary/aromatic N) is 4. The van der Waals surface area contributed by atoms with Gasteiger partial charge < -0.3 is 0 Å². The maximum atomic E-state index is 5.01. The molecule has 0 aliphatic carbocycles. The van der Waals surface area contributed by atoms with E-state index in [-0.39, 0.29) is 4.71 Å². The highest BCUT2D eigenvalue weighted by molar-refractivity contribution is 8.41. The lowest BCUT2D eigenvalue weighted by Crippen LogP contribution is -2.35. The molecule has 4 aromatic carbocycles. The van der Waals surface area contributed by atoms with E-state index in [2.05, 4.69) is 136 Å². The normalized spacial score (nSPS) is 15.2. The Morgan fingerprint density at radius 1 is 0.615 bits per heavy atom. The van der Waals surface area contributed by atoms with E-state index >= 15 is 0 Å². The van der Waals surface area contributed by atoms with Crippen LogP contribution in [0.2, 0.25) is 0 Å². The second-order valence-electron chi connectivity index (χ2n) is 9.58. The third-order valence-electron chi connectivity index (χ3n) is 6.38. The van der Waals surface area contributed by atoms with Gasteiger partial charge in [-0.25, -0.2) is 0 Å². The summed E-state index contributed by atoms with van der Waals surface area (Å²) in [5.41, 5.74) is 5.24. The molecule has 0 bridgehead atoms. The maximum Gasteiger partial charge on any atom is 0.154 e. The molecule has 0 amide bonds. The maximum absolute atomic E-state index is 5.01. The van der Waals surface area contributed by atoms with E-state index in [1.807, 2.05) is 0 Å². The van der Waals surface area contributed by atoms with E-state index in [1.54, 1.807) is 23.5 Å². The predicted octanol–water partition coefficient (Wildman–Crippen LogP) is 7.57. The molecular formula is C32H34N4S3. The molecule has 0 spiro atoms. The van der Waals surface area contributed by atoms with E-state index in [4.69, 9.17) is 17.7 Å². The van der Waals surface area contributed by atoms with Crippen LogP contribution in [0, 0.1) is 0 Å². The zero-order valence-corrected chi connectivity index (χ0v) is 24.4. The lowest BCUT2D eigenvalue weighted by atomic mass is 10.2. The largest absolute Gasteiger partial charge is 0.285 e. The highest BCUT2D eigenvalue weighted by atomic mass is 32.2. The number of rotatable bonds is 12. The second-order valence-corrected chi connectivity index (χ2v) is 12.7. The fourth-order valence-corrected chi connectivity index (χ4v) is 7.06. The van der Waals surface area contributed by atoms with Gasteiger partial charge in [0.2, 0.25) is 0 Å². The van der Waals surface area contributed by atoms with Crippen LogP contribution in [0.1, 0.15) is 22.3 Å². The van der Waals surface area contributed by atoms with Gasteiger partial charge in [0.1, 0.15) is 4.71 Å². The van der Waals surface area contributed by atoms with Crippen molar-refractivity contribution < 1.29 is 0 Å². The summed E-state index contributed by atoms with van der Waals surface area (Å²) in [6.45, 7) is 4.23. The summed E-state index contributed by atoms with van der Waals surface area (Å²) in [5.74, 6) is 0.863. The second kappa shape index (κ2) is 14.6. The van der Waals surface area contributed by atoms with E-state index < -0.39 is 0 Å². The Bertz CT molecular complexity index is 1210. The Kier molecular flexibility index (Phi) is 10.5. The first kappa shape index (κ1) is 27.9. The molecule has 4 nitrogen and oxygen atoms in total. The molecule has 1 unspecified atom stereocenters. The Balaban J connectivity index is 1.24. The predicted molar refractivity (Wildman–Crippen MR) is 171 cm³/mol. The summed E-state index contributed by atoms with van der Waals surface area (Å²) in [5, 5.41) is 7.12. The molecule has 0 aromatic heterocycles. The first-order valence-corrected chi connectivity index (χ1v) is 15.5. The topological polar surface area (TPSA) is 22.1 Å². The first-order valence-electron chi connectivity index (χ1n) is 13.1. The molecule has 0 fully saturated rings. The van der Waals surface area contributed by atoms with Crippen molar-refractivity contribution in [1.82, 2.24) is 14.8 Å². The minimum Gasteiger partial charge on any atom is -0.285 e. The van der Waals surface area contributed by atoms with Crippen LogP contribution in [0.4, 0.5) is 0 Å². The van der Waals surface area contributed by atoms with Crippen molar-refractivity contribution in [1.29, 1.82) is 0 Å². The number of thioether (sulfide) groups is 2. The molecule has 0 radical (unpaired) electrons. The van der Waals surface area contributed by atoms with Gasteiger partial charge in [0.15, 0.2) is 4.38 Å². The number of thiol groups is 1. The average molecular weight is 571 g/mol. The van der Waals surface area contributed by atoms with Crippen molar-refractivity contribution in [3.8, 4) is 0 Å². The van der Waals surface area contributed by atoms with Gasteiger partial charge in [-0.15, -0.1) is 12.6 Å². The molecule has 0 saturated heterocycles. The minimum atomic E-state index is -0.00163. The van der Waals surface area contributed by atoms with Crippen LogP contribution < -0.4 is 0 Å². The molecule has 4 aromatic rings. The molecule has 1 aliphatic heterocycles. The van der Waals surface area contributed by atoms with Gasteiger partial charge in [0.25, 0.3) is 0 Å².